The molecule has 0 aliphatic carbocycles. The quantitative estimate of drug-likeness (QED) is 0.891. The Labute approximate surface area is 114 Å². The average molecular weight is 262 g/mol. The van der Waals surface area contributed by atoms with Crippen molar-refractivity contribution in [2.75, 3.05) is 39.0 Å². The summed E-state index contributed by atoms with van der Waals surface area (Å²) in [5, 5.41) is 3.05. The molecule has 1 aliphatic rings. The van der Waals surface area contributed by atoms with Gasteiger partial charge in [-0.25, -0.2) is 0 Å². The van der Waals surface area contributed by atoms with Gasteiger partial charge in [-0.3, -0.25) is 14.7 Å². The zero-order chi connectivity index (χ0) is 13.8. The van der Waals surface area contributed by atoms with Gasteiger partial charge in [-0.1, -0.05) is 6.92 Å². The van der Waals surface area contributed by atoms with Gasteiger partial charge in [0.05, 0.1) is 5.56 Å². The summed E-state index contributed by atoms with van der Waals surface area (Å²) in [5.41, 5.74) is 1.50. The summed E-state index contributed by atoms with van der Waals surface area (Å²) in [4.78, 5) is 20.9. The number of aromatic nitrogens is 1. The second kappa shape index (κ2) is 6.02. The van der Waals surface area contributed by atoms with Crippen LogP contribution in [0, 0.1) is 0 Å². The van der Waals surface area contributed by atoms with E-state index in [0.717, 1.165) is 31.7 Å². The van der Waals surface area contributed by atoms with Crippen LogP contribution in [-0.2, 0) is 0 Å². The van der Waals surface area contributed by atoms with Crippen LogP contribution in [0.1, 0.15) is 23.7 Å². The smallest absolute Gasteiger partial charge is 0.257 e. The molecule has 0 radical (unpaired) electrons. The number of nitrogens with one attached hydrogen (secondary N) is 1. The lowest BCUT2D eigenvalue weighted by Gasteiger charge is -2.39. The molecule has 2 rings (SSSR count). The first-order valence-corrected chi connectivity index (χ1v) is 6.78. The molecule has 1 fully saturated rings. The van der Waals surface area contributed by atoms with E-state index in [0.29, 0.717) is 11.6 Å². The molecule has 1 unspecified atom stereocenters. The molecule has 5 nitrogen and oxygen atoms in total. The molecular weight excluding hydrogens is 240 g/mol. The van der Waals surface area contributed by atoms with Crippen molar-refractivity contribution in [2.24, 2.45) is 0 Å². The summed E-state index contributed by atoms with van der Waals surface area (Å²) >= 11 is 0. The zero-order valence-electron chi connectivity index (χ0n) is 11.9. The third-order valence-electron chi connectivity index (χ3n) is 3.86. The number of carbonyl (C=O) groups is 1. The fourth-order valence-electron chi connectivity index (χ4n) is 2.52. The molecule has 1 atom stereocenters. The van der Waals surface area contributed by atoms with Crippen LogP contribution in [0.3, 0.4) is 0 Å². The van der Waals surface area contributed by atoms with Crippen molar-refractivity contribution in [3.63, 3.8) is 0 Å². The summed E-state index contributed by atoms with van der Waals surface area (Å²) in [7, 11) is 3.95. The number of hydrogen-bond acceptors (Lipinski definition) is 4. The molecule has 1 aliphatic heterocycles. The van der Waals surface area contributed by atoms with Crippen LogP contribution in [0.5, 0.6) is 0 Å². The number of carbonyl (C=O) groups excluding carboxylic acids is 1. The Kier molecular flexibility index (Phi) is 4.37. The Morgan fingerprint density at radius 2 is 2.32 bits per heavy atom. The van der Waals surface area contributed by atoms with Crippen LogP contribution in [-0.4, -0.2) is 60.5 Å². The molecule has 1 amide bonds. The van der Waals surface area contributed by atoms with Crippen LogP contribution in [0.25, 0.3) is 0 Å². The Hall–Kier alpha value is -1.62. The molecule has 1 aromatic heterocycles. The highest BCUT2D eigenvalue weighted by Gasteiger charge is 2.27. The first-order chi connectivity index (χ1) is 9.17. The van der Waals surface area contributed by atoms with Crippen LogP contribution >= 0.6 is 0 Å². The topological polar surface area (TPSA) is 48.5 Å². The molecule has 5 heteroatoms. The van der Waals surface area contributed by atoms with Crippen LogP contribution in [0.15, 0.2) is 18.5 Å². The van der Waals surface area contributed by atoms with E-state index in [1.807, 2.05) is 18.0 Å². The number of piperazine rings is 1. The number of anilines is 1. The number of nitrogens with zero attached hydrogens (tertiary/aromatic N) is 3. The van der Waals surface area contributed by atoms with Crippen molar-refractivity contribution in [3.8, 4) is 0 Å². The highest BCUT2D eigenvalue weighted by molar-refractivity contribution is 5.99. The van der Waals surface area contributed by atoms with Crippen molar-refractivity contribution in [1.29, 1.82) is 0 Å². The number of hydrogen-bond donors (Lipinski definition) is 1. The van der Waals surface area contributed by atoms with Crippen LogP contribution in [0.4, 0.5) is 5.69 Å². The first kappa shape index (κ1) is 13.8. The maximum atomic E-state index is 12.6. The van der Waals surface area contributed by atoms with Crippen LogP contribution < -0.4 is 5.32 Å². The first-order valence-electron chi connectivity index (χ1n) is 6.78. The monoisotopic (exact) mass is 262 g/mol. The SMILES string of the molecule is CCC1CN(C(=O)c2cnccc2NC)CCN1C. The maximum absolute atomic E-state index is 12.6. The third-order valence-corrected chi connectivity index (χ3v) is 3.86. The summed E-state index contributed by atoms with van der Waals surface area (Å²) in [5.74, 6) is 0.0731. The van der Waals surface area contributed by atoms with Crippen molar-refractivity contribution < 1.29 is 4.79 Å². The molecule has 104 valence electrons. The Morgan fingerprint density at radius 3 is 3.00 bits per heavy atom. The fourth-order valence-corrected chi connectivity index (χ4v) is 2.52. The minimum Gasteiger partial charge on any atom is -0.387 e. The van der Waals surface area contributed by atoms with E-state index in [9.17, 15) is 4.79 Å². The molecule has 0 bridgehead atoms. The van der Waals surface area contributed by atoms with E-state index in [4.69, 9.17) is 0 Å². The molecule has 1 saturated heterocycles. The highest BCUT2D eigenvalue weighted by Crippen LogP contribution is 2.18. The molecule has 1 aromatic rings. The largest absolute Gasteiger partial charge is 0.387 e. The number of likely N-dealkylation sites (N-methyl/N-ethyl adjacent to an activating group) is 1. The summed E-state index contributed by atoms with van der Waals surface area (Å²) in [6.45, 7) is 4.67. The number of amides is 1. The maximum Gasteiger partial charge on any atom is 0.257 e. The van der Waals surface area contributed by atoms with E-state index in [2.05, 4.69) is 29.2 Å². The third kappa shape index (κ3) is 2.87. The molecule has 0 aromatic carbocycles. The Morgan fingerprint density at radius 1 is 1.53 bits per heavy atom. The van der Waals surface area contributed by atoms with E-state index in [1.165, 1.54) is 0 Å². The van der Waals surface area contributed by atoms with E-state index >= 15 is 0 Å². The van der Waals surface area contributed by atoms with Gasteiger partial charge in [0, 0.05) is 50.8 Å². The van der Waals surface area contributed by atoms with Crippen molar-refractivity contribution in [1.82, 2.24) is 14.8 Å². The number of pyridine rings is 1. The van der Waals surface area contributed by atoms with Gasteiger partial charge in [0.1, 0.15) is 0 Å². The van der Waals surface area contributed by atoms with E-state index in [1.54, 1.807) is 12.4 Å². The molecule has 0 saturated carbocycles. The van der Waals surface area contributed by atoms with Gasteiger partial charge in [0.2, 0.25) is 0 Å². The van der Waals surface area contributed by atoms with Crippen molar-refractivity contribution in [2.45, 2.75) is 19.4 Å². The Balaban J connectivity index is 2.15. The van der Waals surface area contributed by atoms with E-state index in [-0.39, 0.29) is 5.91 Å². The lowest BCUT2D eigenvalue weighted by atomic mass is 10.1. The molecule has 2 heterocycles. The highest BCUT2D eigenvalue weighted by atomic mass is 16.2. The van der Waals surface area contributed by atoms with E-state index < -0.39 is 0 Å². The summed E-state index contributed by atoms with van der Waals surface area (Å²) < 4.78 is 0. The van der Waals surface area contributed by atoms with Gasteiger partial charge < -0.3 is 10.2 Å². The lowest BCUT2D eigenvalue weighted by molar-refractivity contribution is 0.0542. The second-order valence-corrected chi connectivity index (χ2v) is 4.97. The van der Waals surface area contributed by atoms with Gasteiger partial charge in [-0.15, -0.1) is 0 Å². The van der Waals surface area contributed by atoms with Crippen molar-refractivity contribution >= 4 is 11.6 Å². The molecule has 19 heavy (non-hydrogen) atoms. The normalized spacial score (nSPS) is 20.4. The zero-order valence-corrected chi connectivity index (χ0v) is 11.9. The van der Waals surface area contributed by atoms with Gasteiger partial charge in [-0.05, 0) is 19.5 Å². The predicted molar refractivity (Wildman–Crippen MR) is 76.4 cm³/mol. The van der Waals surface area contributed by atoms with Gasteiger partial charge >= 0.3 is 0 Å². The van der Waals surface area contributed by atoms with Gasteiger partial charge in [0.25, 0.3) is 5.91 Å². The second-order valence-electron chi connectivity index (χ2n) is 4.97. The fraction of sp³-hybridized carbons (Fsp3) is 0.571. The summed E-state index contributed by atoms with van der Waals surface area (Å²) in [6, 6.07) is 2.29. The summed E-state index contributed by atoms with van der Waals surface area (Å²) in [6.07, 6.45) is 4.40. The van der Waals surface area contributed by atoms with Gasteiger partial charge in [-0.2, -0.15) is 0 Å². The molecular formula is C14H22N4O. The van der Waals surface area contributed by atoms with Crippen molar-refractivity contribution in [3.05, 3.63) is 24.0 Å². The average Bonchev–Trinajstić information content (AvgIpc) is 2.47. The minimum absolute atomic E-state index is 0.0731. The predicted octanol–water partition coefficient (Wildman–Crippen LogP) is 1.29. The Bertz CT molecular complexity index is 449. The van der Waals surface area contributed by atoms with Crippen LogP contribution in [0.2, 0.25) is 0 Å². The minimum atomic E-state index is 0.0731. The lowest BCUT2D eigenvalue weighted by Crippen LogP contribution is -2.53. The molecule has 1 N–H and O–H groups in total. The molecule has 0 spiro atoms. The standard InChI is InChI=1S/C14H22N4O/c1-4-11-10-18(8-7-17(11)3)14(19)12-9-16-6-5-13(12)15-2/h5-6,9,11H,4,7-8,10H2,1-3H3,(H,15,16). The number of rotatable bonds is 3. The van der Waals surface area contributed by atoms with Gasteiger partial charge in [0.15, 0.2) is 0 Å².